The number of rotatable bonds is 3. The van der Waals surface area contributed by atoms with Crippen LogP contribution in [0.2, 0.25) is 0 Å². The minimum atomic E-state index is -0.0617. The van der Waals surface area contributed by atoms with Gasteiger partial charge in [0, 0.05) is 63.8 Å². The summed E-state index contributed by atoms with van der Waals surface area (Å²) in [6.07, 6.45) is 4.68. The second kappa shape index (κ2) is 7.82. The highest BCUT2D eigenvalue weighted by Crippen LogP contribution is 2.29. The van der Waals surface area contributed by atoms with Crippen LogP contribution in [0.4, 0.5) is 0 Å². The Morgan fingerprint density at radius 2 is 2.00 bits per heavy atom. The molecule has 0 bridgehead atoms. The van der Waals surface area contributed by atoms with Gasteiger partial charge in [0.2, 0.25) is 5.91 Å². The fourth-order valence-electron chi connectivity index (χ4n) is 4.06. The molecule has 2 amide bonds. The van der Waals surface area contributed by atoms with Crippen molar-refractivity contribution < 1.29 is 9.59 Å². The van der Waals surface area contributed by atoms with Gasteiger partial charge in [-0.05, 0) is 23.4 Å². The molecular formula is C19H25N5O2S. The van der Waals surface area contributed by atoms with Crippen molar-refractivity contribution in [1.29, 1.82) is 0 Å². The number of aromatic nitrogens is 2. The maximum Gasteiger partial charge on any atom is 0.254 e. The SMILES string of the molecule is Cn1cc([C@H]2CNC[C@@H]2C(=O)N2CCCN(C(=O)c3ccsc3)CC2)cn1. The lowest BCUT2D eigenvalue weighted by atomic mass is 9.89. The van der Waals surface area contributed by atoms with E-state index in [1.54, 1.807) is 4.68 Å². The third kappa shape index (κ3) is 3.77. The Hall–Kier alpha value is -2.19. The van der Waals surface area contributed by atoms with Gasteiger partial charge in [0.05, 0.1) is 17.7 Å². The van der Waals surface area contributed by atoms with Gasteiger partial charge >= 0.3 is 0 Å². The summed E-state index contributed by atoms with van der Waals surface area (Å²) in [6, 6.07) is 1.86. The zero-order valence-corrected chi connectivity index (χ0v) is 16.3. The van der Waals surface area contributed by atoms with Crippen LogP contribution in [0.3, 0.4) is 0 Å². The highest BCUT2D eigenvalue weighted by atomic mass is 32.1. The molecule has 0 unspecified atom stereocenters. The summed E-state index contributed by atoms with van der Waals surface area (Å²) in [6.45, 7) is 4.12. The molecule has 4 heterocycles. The number of aryl methyl sites for hydroxylation is 1. The van der Waals surface area contributed by atoms with E-state index in [0.717, 1.165) is 24.1 Å². The molecule has 1 N–H and O–H groups in total. The molecule has 4 rings (SSSR count). The van der Waals surface area contributed by atoms with Crippen LogP contribution in [-0.2, 0) is 11.8 Å². The van der Waals surface area contributed by atoms with Crippen LogP contribution < -0.4 is 5.32 Å². The second-order valence-electron chi connectivity index (χ2n) is 7.30. The largest absolute Gasteiger partial charge is 0.341 e. The lowest BCUT2D eigenvalue weighted by Crippen LogP contribution is -2.41. The van der Waals surface area contributed by atoms with E-state index in [9.17, 15) is 9.59 Å². The average Bonchev–Trinajstić information content (AvgIpc) is 3.39. The van der Waals surface area contributed by atoms with Crippen LogP contribution in [0.5, 0.6) is 0 Å². The predicted molar refractivity (Wildman–Crippen MR) is 104 cm³/mol. The van der Waals surface area contributed by atoms with E-state index in [2.05, 4.69) is 10.4 Å². The van der Waals surface area contributed by atoms with Gasteiger partial charge in [-0.25, -0.2) is 0 Å². The monoisotopic (exact) mass is 387 g/mol. The van der Waals surface area contributed by atoms with Crippen molar-refractivity contribution in [1.82, 2.24) is 24.9 Å². The molecule has 2 saturated heterocycles. The maximum atomic E-state index is 13.2. The normalized spacial score (nSPS) is 23.4. The average molecular weight is 388 g/mol. The third-order valence-electron chi connectivity index (χ3n) is 5.55. The molecular weight excluding hydrogens is 362 g/mol. The van der Waals surface area contributed by atoms with Crippen LogP contribution in [0.25, 0.3) is 0 Å². The van der Waals surface area contributed by atoms with Gasteiger partial charge in [-0.3, -0.25) is 14.3 Å². The Morgan fingerprint density at radius 3 is 2.74 bits per heavy atom. The minimum Gasteiger partial charge on any atom is -0.341 e. The summed E-state index contributed by atoms with van der Waals surface area (Å²) in [7, 11) is 1.90. The number of hydrogen-bond donors (Lipinski definition) is 1. The molecule has 8 heteroatoms. The van der Waals surface area contributed by atoms with E-state index in [1.165, 1.54) is 11.3 Å². The second-order valence-corrected chi connectivity index (χ2v) is 8.08. The van der Waals surface area contributed by atoms with Crippen molar-refractivity contribution in [3.8, 4) is 0 Å². The fourth-order valence-corrected chi connectivity index (χ4v) is 4.69. The topological polar surface area (TPSA) is 70.5 Å². The molecule has 2 atom stereocenters. The zero-order chi connectivity index (χ0) is 18.8. The molecule has 2 aliphatic heterocycles. The summed E-state index contributed by atoms with van der Waals surface area (Å²) < 4.78 is 1.79. The van der Waals surface area contributed by atoms with Crippen molar-refractivity contribution in [2.24, 2.45) is 13.0 Å². The predicted octanol–water partition coefficient (Wildman–Crippen LogP) is 1.16. The number of amides is 2. The smallest absolute Gasteiger partial charge is 0.254 e. The van der Waals surface area contributed by atoms with E-state index >= 15 is 0 Å². The van der Waals surface area contributed by atoms with Crippen LogP contribution in [0.1, 0.15) is 28.3 Å². The van der Waals surface area contributed by atoms with E-state index in [1.807, 2.05) is 46.1 Å². The molecule has 0 saturated carbocycles. The molecule has 0 radical (unpaired) electrons. The molecule has 2 aliphatic rings. The number of hydrogen-bond acceptors (Lipinski definition) is 5. The molecule has 27 heavy (non-hydrogen) atoms. The van der Waals surface area contributed by atoms with Crippen molar-refractivity contribution in [2.45, 2.75) is 12.3 Å². The van der Waals surface area contributed by atoms with E-state index in [4.69, 9.17) is 0 Å². The van der Waals surface area contributed by atoms with E-state index in [-0.39, 0.29) is 23.7 Å². The van der Waals surface area contributed by atoms with E-state index in [0.29, 0.717) is 32.7 Å². The first kappa shape index (κ1) is 18.2. The van der Waals surface area contributed by atoms with Crippen molar-refractivity contribution >= 4 is 23.2 Å². The van der Waals surface area contributed by atoms with Gasteiger partial charge in [-0.1, -0.05) is 0 Å². The lowest BCUT2D eigenvalue weighted by molar-refractivity contribution is -0.135. The summed E-state index contributed by atoms with van der Waals surface area (Å²) >= 11 is 1.53. The first-order chi connectivity index (χ1) is 13.1. The zero-order valence-electron chi connectivity index (χ0n) is 15.5. The molecule has 2 fully saturated rings. The van der Waals surface area contributed by atoms with Gasteiger partial charge in [-0.2, -0.15) is 16.4 Å². The molecule has 7 nitrogen and oxygen atoms in total. The Labute approximate surface area is 162 Å². The van der Waals surface area contributed by atoms with Crippen LogP contribution >= 0.6 is 11.3 Å². The Bertz CT molecular complexity index is 803. The molecule has 0 aliphatic carbocycles. The van der Waals surface area contributed by atoms with Crippen molar-refractivity contribution in [2.75, 3.05) is 39.3 Å². The Balaban J connectivity index is 1.41. The first-order valence-electron chi connectivity index (χ1n) is 9.43. The molecule has 144 valence electrons. The van der Waals surface area contributed by atoms with Gasteiger partial charge in [0.15, 0.2) is 0 Å². The summed E-state index contributed by atoms with van der Waals surface area (Å²) in [4.78, 5) is 29.6. The first-order valence-corrected chi connectivity index (χ1v) is 10.4. The number of carbonyl (C=O) groups is 2. The number of nitrogens with one attached hydrogen (secondary N) is 1. The van der Waals surface area contributed by atoms with E-state index < -0.39 is 0 Å². The van der Waals surface area contributed by atoms with Crippen molar-refractivity contribution in [3.05, 3.63) is 40.3 Å². The third-order valence-corrected chi connectivity index (χ3v) is 6.23. The summed E-state index contributed by atoms with van der Waals surface area (Å²) in [5, 5.41) is 11.4. The Kier molecular flexibility index (Phi) is 5.27. The standard InChI is InChI=1S/C19H25N5O2S/c1-22-12-15(9-21-22)16-10-20-11-17(16)19(26)24-5-2-4-23(6-7-24)18(25)14-3-8-27-13-14/h3,8-9,12-13,16-17,20H,2,4-7,10-11H2,1H3/t16-,17+/m1/s1. The summed E-state index contributed by atoms with van der Waals surface area (Å²) in [5.74, 6) is 0.367. The lowest BCUT2D eigenvalue weighted by Gasteiger charge is -2.26. The highest BCUT2D eigenvalue weighted by Gasteiger charge is 2.37. The van der Waals surface area contributed by atoms with Gasteiger partial charge in [-0.15, -0.1) is 0 Å². The van der Waals surface area contributed by atoms with Crippen molar-refractivity contribution in [3.63, 3.8) is 0 Å². The van der Waals surface area contributed by atoms with Crippen LogP contribution in [0, 0.1) is 5.92 Å². The van der Waals surface area contributed by atoms with Crippen LogP contribution in [-0.4, -0.2) is 70.7 Å². The molecule has 2 aromatic heterocycles. The maximum absolute atomic E-state index is 13.2. The highest BCUT2D eigenvalue weighted by molar-refractivity contribution is 7.08. The summed E-state index contributed by atoms with van der Waals surface area (Å²) in [5.41, 5.74) is 1.86. The minimum absolute atomic E-state index is 0.0617. The van der Waals surface area contributed by atoms with Crippen LogP contribution in [0.15, 0.2) is 29.2 Å². The van der Waals surface area contributed by atoms with Gasteiger partial charge in [0.1, 0.15) is 0 Å². The molecule has 0 spiro atoms. The molecule has 2 aromatic rings. The number of carbonyl (C=O) groups excluding carboxylic acids is 2. The quantitative estimate of drug-likeness (QED) is 0.858. The van der Waals surface area contributed by atoms with Gasteiger partial charge in [0.25, 0.3) is 5.91 Å². The fraction of sp³-hybridized carbons (Fsp3) is 0.526. The number of thiophene rings is 1. The molecule has 0 aromatic carbocycles. The number of nitrogens with zero attached hydrogens (tertiary/aromatic N) is 4. The Morgan fingerprint density at radius 1 is 1.19 bits per heavy atom. The van der Waals surface area contributed by atoms with Gasteiger partial charge < -0.3 is 15.1 Å².